The van der Waals surface area contributed by atoms with Crippen molar-refractivity contribution >= 4 is 41.2 Å². The van der Waals surface area contributed by atoms with Gasteiger partial charge < -0.3 is 10.1 Å². The molecule has 25 heavy (non-hydrogen) atoms. The number of hydrogen-bond donors (Lipinski definition) is 3. The zero-order valence-electron chi connectivity index (χ0n) is 14.0. The number of nitrogens with one attached hydrogen (secondary N) is 3. The molecule has 1 aromatic carbocycles. The van der Waals surface area contributed by atoms with E-state index in [1.165, 1.54) is 11.8 Å². The van der Waals surface area contributed by atoms with Gasteiger partial charge in [0.15, 0.2) is 0 Å². The number of esters is 1. The maximum Gasteiger partial charge on any atom is 0.346 e. The molecule has 9 heteroatoms. The van der Waals surface area contributed by atoms with E-state index in [4.69, 9.17) is 4.74 Å². The highest BCUT2D eigenvalue weighted by Crippen LogP contribution is 2.52. The first-order chi connectivity index (χ1) is 12.1. The second-order valence-corrected chi connectivity index (χ2v) is 8.11. The highest BCUT2D eigenvalue weighted by molar-refractivity contribution is 8.20. The van der Waals surface area contributed by atoms with Gasteiger partial charge in [0, 0.05) is 18.0 Å². The number of amides is 2. The van der Waals surface area contributed by atoms with Gasteiger partial charge in [0.1, 0.15) is 4.91 Å². The maximum atomic E-state index is 12.4. The lowest BCUT2D eigenvalue weighted by Gasteiger charge is -2.35. The van der Waals surface area contributed by atoms with Crippen molar-refractivity contribution in [1.29, 1.82) is 0 Å². The van der Waals surface area contributed by atoms with Crippen molar-refractivity contribution in [2.45, 2.75) is 18.2 Å². The Kier molecular flexibility index (Phi) is 5.45. The Labute approximate surface area is 154 Å². The molecule has 1 aromatic rings. The average molecular weight is 380 g/mol. The summed E-state index contributed by atoms with van der Waals surface area (Å²) in [6.07, 6.45) is 0. The van der Waals surface area contributed by atoms with Crippen LogP contribution in [0.1, 0.15) is 13.8 Å². The highest BCUT2D eigenvalue weighted by Gasteiger charge is 2.50. The van der Waals surface area contributed by atoms with Crippen LogP contribution < -0.4 is 16.1 Å². The Bertz CT molecular complexity index is 690. The number of thioether (sulfide) groups is 2. The summed E-state index contributed by atoms with van der Waals surface area (Å²) in [4.78, 5) is 25.1. The molecule has 2 aliphatic rings. The molecule has 134 valence electrons. The Morgan fingerprint density at radius 2 is 2.12 bits per heavy atom. The van der Waals surface area contributed by atoms with E-state index >= 15 is 0 Å². The van der Waals surface area contributed by atoms with Crippen molar-refractivity contribution < 1.29 is 14.3 Å². The summed E-state index contributed by atoms with van der Waals surface area (Å²) in [5.41, 5.74) is 4.21. The van der Waals surface area contributed by atoms with Crippen LogP contribution in [0.3, 0.4) is 0 Å². The predicted octanol–water partition coefficient (Wildman–Crippen LogP) is 2.51. The summed E-state index contributed by atoms with van der Waals surface area (Å²) in [5, 5.41) is 7.86. The topological polar surface area (TPSA) is 82.7 Å². The zero-order chi connectivity index (χ0) is 17.9. The van der Waals surface area contributed by atoms with Gasteiger partial charge in [-0.3, -0.25) is 5.32 Å². The van der Waals surface area contributed by atoms with E-state index in [0.29, 0.717) is 22.9 Å². The first-order valence-electron chi connectivity index (χ1n) is 7.94. The second kappa shape index (κ2) is 7.59. The molecule has 1 spiro atoms. The minimum Gasteiger partial charge on any atom is -0.462 e. The van der Waals surface area contributed by atoms with E-state index in [1.54, 1.807) is 30.6 Å². The molecule has 0 bridgehead atoms. The van der Waals surface area contributed by atoms with Crippen molar-refractivity contribution in [1.82, 2.24) is 15.8 Å². The molecule has 0 aliphatic carbocycles. The van der Waals surface area contributed by atoms with Crippen LogP contribution in [-0.4, -0.2) is 40.2 Å². The van der Waals surface area contributed by atoms with E-state index in [1.807, 2.05) is 30.3 Å². The molecule has 2 amide bonds. The van der Waals surface area contributed by atoms with Gasteiger partial charge in [-0.1, -0.05) is 30.0 Å². The van der Waals surface area contributed by atoms with Gasteiger partial charge in [0.25, 0.3) is 0 Å². The monoisotopic (exact) mass is 380 g/mol. The van der Waals surface area contributed by atoms with Crippen LogP contribution in [0.4, 0.5) is 10.5 Å². The van der Waals surface area contributed by atoms with Gasteiger partial charge in [0.05, 0.1) is 12.3 Å². The fourth-order valence-electron chi connectivity index (χ4n) is 2.56. The smallest absolute Gasteiger partial charge is 0.346 e. The molecular formula is C16H20N4O3S2. The van der Waals surface area contributed by atoms with Crippen molar-refractivity contribution in [3.63, 3.8) is 0 Å². The molecule has 3 N–H and O–H groups in total. The Morgan fingerprint density at radius 1 is 1.36 bits per heavy atom. The SMILES string of the molecule is CCOC(=O)C1=C(C)N(NC(=O)Nc2ccccc2)C2(NCCS2)S1. The molecule has 0 radical (unpaired) electrons. The Hall–Kier alpha value is -1.84. The molecule has 1 saturated heterocycles. The molecule has 7 nitrogen and oxygen atoms in total. The molecule has 0 saturated carbocycles. The number of hydrogen-bond acceptors (Lipinski definition) is 7. The third-order valence-corrected chi connectivity index (χ3v) is 6.65. The first kappa shape index (κ1) is 18.0. The quantitative estimate of drug-likeness (QED) is 0.692. The van der Waals surface area contributed by atoms with Gasteiger partial charge in [-0.2, -0.15) is 0 Å². The molecule has 1 unspecified atom stereocenters. The zero-order valence-corrected chi connectivity index (χ0v) is 15.6. The van der Waals surface area contributed by atoms with Crippen LogP contribution in [0.25, 0.3) is 0 Å². The largest absolute Gasteiger partial charge is 0.462 e. The van der Waals surface area contributed by atoms with Crippen LogP contribution in [-0.2, 0) is 9.53 Å². The van der Waals surface area contributed by atoms with E-state index in [9.17, 15) is 9.59 Å². The van der Waals surface area contributed by atoms with Crippen molar-refractivity contribution in [3.8, 4) is 0 Å². The lowest BCUT2D eigenvalue weighted by Crippen LogP contribution is -2.56. The lowest BCUT2D eigenvalue weighted by molar-refractivity contribution is -0.137. The predicted molar refractivity (Wildman–Crippen MR) is 101 cm³/mol. The average Bonchev–Trinajstić information content (AvgIpc) is 3.17. The molecule has 3 rings (SSSR count). The van der Waals surface area contributed by atoms with Crippen molar-refractivity contribution in [2.24, 2.45) is 0 Å². The van der Waals surface area contributed by atoms with Gasteiger partial charge >= 0.3 is 12.0 Å². The Morgan fingerprint density at radius 3 is 2.76 bits per heavy atom. The number of nitrogens with zero attached hydrogens (tertiary/aromatic N) is 1. The van der Waals surface area contributed by atoms with Crippen LogP contribution in [0.5, 0.6) is 0 Å². The number of allylic oxidation sites excluding steroid dienone is 1. The van der Waals surface area contributed by atoms with E-state index in [2.05, 4.69) is 16.1 Å². The lowest BCUT2D eigenvalue weighted by atomic mass is 10.3. The minimum absolute atomic E-state index is 0.311. The molecule has 1 atom stereocenters. The van der Waals surface area contributed by atoms with Crippen LogP contribution in [0.15, 0.2) is 40.9 Å². The number of ether oxygens (including phenoxy) is 1. The third kappa shape index (κ3) is 3.73. The van der Waals surface area contributed by atoms with E-state index in [-0.39, 0.29) is 12.0 Å². The molecular weight excluding hydrogens is 360 g/mol. The molecule has 1 fully saturated rings. The summed E-state index contributed by atoms with van der Waals surface area (Å²) >= 11 is 3.01. The molecule has 2 heterocycles. The van der Waals surface area contributed by atoms with E-state index in [0.717, 1.165) is 12.3 Å². The molecule has 0 aromatic heterocycles. The number of urea groups is 1. The number of carbonyl (C=O) groups is 2. The first-order valence-corrected chi connectivity index (χ1v) is 9.75. The fourth-order valence-corrected chi connectivity index (χ4v) is 5.40. The van der Waals surface area contributed by atoms with Gasteiger partial charge in [-0.15, -0.1) is 11.8 Å². The third-order valence-electron chi connectivity index (χ3n) is 3.65. The summed E-state index contributed by atoms with van der Waals surface area (Å²) < 4.78 is 4.51. The van der Waals surface area contributed by atoms with Crippen LogP contribution in [0.2, 0.25) is 0 Å². The van der Waals surface area contributed by atoms with Gasteiger partial charge in [-0.25, -0.2) is 20.0 Å². The van der Waals surface area contributed by atoms with Crippen molar-refractivity contribution in [3.05, 3.63) is 40.9 Å². The Balaban J connectivity index is 1.78. The standard InChI is InChI=1S/C16H20N4O3S2/c1-3-23-14(21)13-11(2)20(16(25-13)17-9-10-24-16)19-15(22)18-12-7-5-4-6-8-12/h4-8,17H,3,9-10H2,1-2H3,(H2,18,19,22). The normalized spacial score (nSPS) is 22.4. The van der Waals surface area contributed by atoms with Crippen LogP contribution in [0, 0.1) is 0 Å². The van der Waals surface area contributed by atoms with E-state index < -0.39 is 4.33 Å². The second-order valence-electron chi connectivity index (χ2n) is 5.36. The summed E-state index contributed by atoms with van der Waals surface area (Å²) in [6, 6.07) is 8.83. The van der Waals surface area contributed by atoms with Crippen LogP contribution >= 0.6 is 23.5 Å². The number of hydrazine groups is 1. The minimum atomic E-state index is -0.625. The number of rotatable bonds is 4. The summed E-state index contributed by atoms with van der Waals surface area (Å²) in [7, 11) is 0. The highest BCUT2D eigenvalue weighted by atomic mass is 32.2. The number of para-hydroxylation sites is 1. The van der Waals surface area contributed by atoms with Gasteiger partial charge in [0.2, 0.25) is 4.33 Å². The summed E-state index contributed by atoms with van der Waals surface area (Å²) in [5.74, 6) is 0.515. The molecule has 2 aliphatic heterocycles. The number of benzene rings is 1. The summed E-state index contributed by atoms with van der Waals surface area (Å²) in [6.45, 7) is 4.68. The number of anilines is 1. The van der Waals surface area contributed by atoms with Gasteiger partial charge in [-0.05, 0) is 26.0 Å². The number of carbonyl (C=O) groups excluding carboxylic acids is 2. The van der Waals surface area contributed by atoms with Crippen molar-refractivity contribution in [2.75, 3.05) is 24.2 Å². The fraction of sp³-hybridized carbons (Fsp3) is 0.375. The maximum absolute atomic E-state index is 12.4.